The van der Waals surface area contributed by atoms with Crippen molar-refractivity contribution in [3.8, 4) is 11.5 Å². The van der Waals surface area contributed by atoms with Crippen LogP contribution in [0.25, 0.3) is 0 Å². The molecule has 0 aliphatic carbocycles. The predicted molar refractivity (Wildman–Crippen MR) is 82.7 cm³/mol. The lowest BCUT2D eigenvalue weighted by molar-refractivity contribution is 0.402. The minimum Gasteiger partial charge on any atom is -0.497 e. The van der Waals surface area contributed by atoms with Gasteiger partial charge in [0, 0.05) is 19.2 Å². The lowest BCUT2D eigenvalue weighted by atomic mass is 9.95. The number of hydrogen-bond donors (Lipinski definition) is 1. The highest BCUT2D eigenvalue weighted by atomic mass is 16.5. The van der Waals surface area contributed by atoms with Crippen LogP contribution in [-0.2, 0) is 0 Å². The van der Waals surface area contributed by atoms with E-state index in [1.54, 1.807) is 14.2 Å². The van der Waals surface area contributed by atoms with Crippen LogP contribution in [0.2, 0.25) is 0 Å². The number of nitrogens with zero attached hydrogens (tertiary/aromatic N) is 1. The molecule has 0 bridgehead atoms. The first-order valence-electron chi connectivity index (χ1n) is 7.35. The molecule has 0 saturated carbocycles. The molecule has 1 aliphatic rings. The molecule has 1 aliphatic heterocycles. The van der Waals surface area contributed by atoms with E-state index < -0.39 is 0 Å². The Labute approximate surface area is 121 Å². The second kappa shape index (κ2) is 6.84. The topological polar surface area (TPSA) is 47.7 Å². The van der Waals surface area contributed by atoms with Gasteiger partial charge in [-0.3, -0.25) is 0 Å². The minimum atomic E-state index is 0.604. The second-order valence-electron chi connectivity index (χ2n) is 5.72. The van der Waals surface area contributed by atoms with Gasteiger partial charge < -0.3 is 20.1 Å². The molecule has 1 saturated heterocycles. The highest BCUT2D eigenvalue weighted by molar-refractivity contribution is 5.62. The number of hydrogen-bond acceptors (Lipinski definition) is 4. The van der Waals surface area contributed by atoms with Crippen LogP contribution in [0.1, 0.15) is 19.8 Å². The zero-order valence-corrected chi connectivity index (χ0v) is 12.8. The average molecular weight is 278 g/mol. The summed E-state index contributed by atoms with van der Waals surface area (Å²) in [6.07, 6.45) is 2.43. The molecule has 0 amide bonds. The number of ether oxygens (including phenoxy) is 2. The number of benzene rings is 1. The molecule has 4 nitrogen and oxygen atoms in total. The van der Waals surface area contributed by atoms with E-state index in [1.165, 1.54) is 12.8 Å². The minimum absolute atomic E-state index is 0.604. The van der Waals surface area contributed by atoms with Gasteiger partial charge in [0.05, 0.1) is 19.9 Å². The molecule has 1 aromatic rings. The van der Waals surface area contributed by atoms with Crippen LogP contribution in [-0.4, -0.2) is 33.9 Å². The summed E-state index contributed by atoms with van der Waals surface area (Å²) in [7, 11) is 3.41. The van der Waals surface area contributed by atoms with Crippen molar-refractivity contribution in [3.63, 3.8) is 0 Å². The number of rotatable bonds is 6. The Morgan fingerprint density at radius 3 is 2.80 bits per heavy atom. The Morgan fingerprint density at radius 1 is 1.35 bits per heavy atom. The largest absolute Gasteiger partial charge is 0.497 e. The first-order chi connectivity index (χ1) is 9.67. The third kappa shape index (κ3) is 3.37. The van der Waals surface area contributed by atoms with E-state index >= 15 is 0 Å². The zero-order chi connectivity index (χ0) is 14.5. The normalized spacial score (nSPS) is 20.0. The first kappa shape index (κ1) is 15.0. The third-order valence-electron chi connectivity index (χ3n) is 4.15. The molecule has 2 atom stereocenters. The van der Waals surface area contributed by atoms with Crippen LogP contribution < -0.4 is 20.1 Å². The fraction of sp³-hybridized carbons (Fsp3) is 0.625. The maximum absolute atomic E-state index is 5.73. The fourth-order valence-electron chi connectivity index (χ4n) is 2.95. The van der Waals surface area contributed by atoms with Gasteiger partial charge in [-0.15, -0.1) is 0 Å². The van der Waals surface area contributed by atoms with Crippen molar-refractivity contribution in [1.82, 2.24) is 0 Å². The van der Waals surface area contributed by atoms with E-state index in [1.807, 2.05) is 12.1 Å². The Hall–Kier alpha value is -1.42. The van der Waals surface area contributed by atoms with Crippen LogP contribution in [0, 0.1) is 11.8 Å². The number of anilines is 1. The van der Waals surface area contributed by atoms with Crippen molar-refractivity contribution in [2.45, 2.75) is 19.8 Å². The number of methoxy groups -OCH3 is 2. The molecule has 112 valence electrons. The van der Waals surface area contributed by atoms with Crippen LogP contribution in [0.4, 0.5) is 5.69 Å². The highest BCUT2D eigenvalue weighted by Crippen LogP contribution is 2.36. The molecule has 2 unspecified atom stereocenters. The molecule has 20 heavy (non-hydrogen) atoms. The van der Waals surface area contributed by atoms with Crippen molar-refractivity contribution in [2.75, 3.05) is 38.8 Å². The fourth-order valence-corrected chi connectivity index (χ4v) is 2.95. The van der Waals surface area contributed by atoms with E-state index in [0.717, 1.165) is 42.7 Å². The maximum Gasteiger partial charge on any atom is 0.142 e. The lowest BCUT2D eigenvalue weighted by Gasteiger charge is -2.22. The summed E-state index contributed by atoms with van der Waals surface area (Å²) in [5.74, 6) is 3.12. The standard InChI is InChI=1S/C16H26N2O2/c1-12(10-17)8-13-6-7-18(11-13)15-9-14(19-2)4-5-16(15)20-3/h4-5,9,12-13H,6-8,10-11,17H2,1-3H3. The second-order valence-corrected chi connectivity index (χ2v) is 5.72. The summed E-state index contributed by atoms with van der Waals surface area (Å²) in [5, 5.41) is 0. The lowest BCUT2D eigenvalue weighted by Crippen LogP contribution is -2.22. The van der Waals surface area contributed by atoms with Gasteiger partial charge in [0.2, 0.25) is 0 Å². The quantitative estimate of drug-likeness (QED) is 0.868. The van der Waals surface area contributed by atoms with Crippen molar-refractivity contribution in [3.05, 3.63) is 18.2 Å². The monoisotopic (exact) mass is 278 g/mol. The number of nitrogens with two attached hydrogens (primary N) is 1. The van der Waals surface area contributed by atoms with Crippen LogP contribution in [0.5, 0.6) is 11.5 Å². The van der Waals surface area contributed by atoms with Gasteiger partial charge in [0.15, 0.2) is 0 Å². The summed E-state index contributed by atoms with van der Waals surface area (Å²) >= 11 is 0. The molecular formula is C16H26N2O2. The molecule has 1 fully saturated rings. The summed E-state index contributed by atoms with van der Waals surface area (Å²) in [5.41, 5.74) is 6.86. The van der Waals surface area contributed by atoms with E-state index in [9.17, 15) is 0 Å². The molecule has 0 aromatic heterocycles. The molecule has 1 aromatic carbocycles. The van der Waals surface area contributed by atoms with E-state index in [-0.39, 0.29) is 0 Å². The predicted octanol–water partition coefficient (Wildman–Crippen LogP) is 2.52. The molecule has 1 heterocycles. The van der Waals surface area contributed by atoms with Gasteiger partial charge in [-0.2, -0.15) is 0 Å². The molecule has 0 radical (unpaired) electrons. The van der Waals surface area contributed by atoms with Crippen molar-refractivity contribution in [2.24, 2.45) is 17.6 Å². The van der Waals surface area contributed by atoms with Crippen molar-refractivity contribution in [1.29, 1.82) is 0 Å². The highest BCUT2D eigenvalue weighted by Gasteiger charge is 2.26. The van der Waals surface area contributed by atoms with Crippen LogP contribution in [0.15, 0.2) is 18.2 Å². The van der Waals surface area contributed by atoms with Crippen LogP contribution >= 0.6 is 0 Å². The molecule has 0 spiro atoms. The summed E-state index contributed by atoms with van der Waals surface area (Å²) < 4.78 is 10.8. The van der Waals surface area contributed by atoms with Gasteiger partial charge in [-0.05, 0) is 43.4 Å². The Bertz CT molecular complexity index is 436. The molecule has 4 heteroatoms. The van der Waals surface area contributed by atoms with E-state index in [4.69, 9.17) is 15.2 Å². The van der Waals surface area contributed by atoms with Gasteiger partial charge in [0.25, 0.3) is 0 Å². The Kier molecular flexibility index (Phi) is 5.12. The summed E-state index contributed by atoms with van der Waals surface area (Å²) in [6.45, 7) is 5.16. The zero-order valence-electron chi connectivity index (χ0n) is 12.8. The van der Waals surface area contributed by atoms with Crippen molar-refractivity contribution < 1.29 is 9.47 Å². The molecule has 2 N–H and O–H groups in total. The summed E-state index contributed by atoms with van der Waals surface area (Å²) in [4.78, 5) is 2.40. The Morgan fingerprint density at radius 2 is 2.15 bits per heavy atom. The molecular weight excluding hydrogens is 252 g/mol. The SMILES string of the molecule is COc1ccc(OC)c(N2CCC(CC(C)CN)C2)c1. The Balaban J connectivity index is 2.08. The van der Waals surface area contributed by atoms with Gasteiger partial charge in [-0.1, -0.05) is 6.92 Å². The first-order valence-corrected chi connectivity index (χ1v) is 7.35. The smallest absolute Gasteiger partial charge is 0.142 e. The van der Waals surface area contributed by atoms with Gasteiger partial charge >= 0.3 is 0 Å². The van der Waals surface area contributed by atoms with Gasteiger partial charge in [0.1, 0.15) is 11.5 Å². The maximum atomic E-state index is 5.73. The van der Waals surface area contributed by atoms with E-state index in [2.05, 4.69) is 17.9 Å². The average Bonchev–Trinajstić information content (AvgIpc) is 2.94. The van der Waals surface area contributed by atoms with Gasteiger partial charge in [-0.25, -0.2) is 0 Å². The third-order valence-corrected chi connectivity index (χ3v) is 4.15. The summed E-state index contributed by atoms with van der Waals surface area (Å²) in [6, 6.07) is 5.98. The molecule has 2 rings (SSSR count). The van der Waals surface area contributed by atoms with E-state index in [0.29, 0.717) is 5.92 Å². The van der Waals surface area contributed by atoms with Crippen molar-refractivity contribution >= 4 is 5.69 Å². The van der Waals surface area contributed by atoms with Crippen LogP contribution in [0.3, 0.4) is 0 Å².